The van der Waals surface area contributed by atoms with Crippen LogP contribution in [-0.4, -0.2) is 36.5 Å². The second-order valence-electron chi connectivity index (χ2n) is 9.00. The molecule has 6 heteroatoms. The van der Waals surface area contributed by atoms with Crippen molar-refractivity contribution in [1.82, 2.24) is 0 Å². The first-order chi connectivity index (χ1) is 17.5. The lowest BCUT2D eigenvalue weighted by Gasteiger charge is -2.06. The Labute approximate surface area is 216 Å². The summed E-state index contributed by atoms with van der Waals surface area (Å²) in [7, 11) is 1.47. The first kappa shape index (κ1) is 31.3. The van der Waals surface area contributed by atoms with Crippen molar-refractivity contribution in [2.75, 3.05) is 13.7 Å². The second kappa shape index (κ2) is 20.5. The molecule has 0 aliphatic rings. The summed E-state index contributed by atoms with van der Waals surface area (Å²) in [6.45, 7) is 1.58. The minimum Gasteiger partial charge on any atom is -0.497 e. The fourth-order valence-corrected chi connectivity index (χ4v) is 3.83. The van der Waals surface area contributed by atoms with Gasteiger partial charge in [0.15, 0.2) is 5.78 Å². The van der Waals surface area contributed by atoms with Gasteiger partial charge in [-0.15, -0.1) is 0 Å². The van der Waals surface area contributed by atoms with Crippen molar-refractivity contribution in [3.63, 3.8) is 0 Å². The molecule has 0 spiro atoms. The fourth-order valence-electron chi connectivity index (χ4n) is 3.83. The molecule has 0 saturated carbocycles. The Bertz CT molecular complexity index is 840. The maximum absolute atomic E-state index is 12.0. The van der Waals surface area contributed by atoms with Crippen molar-refractivity contribution >= 4 is 23.8 Å². The molecule has 0 aliphatic carbocycles. The number of esters is 2. The van der Waals surface area contributed by atoms with Gasteiger partial charge in [0.05, 0.1) is 7.11 Å². The van der Waals surface area contributed by atoms with E-state index in [1.54, 1.807) is 12.1 Å². The van der Waals surface area contributed by atoms with Crippen molar-refractivity contribution < 1.29 is 29.0 Å². The zero-order valence-corrected chi connectivity index (χ0v) is 22.1. The van der Waals surface area contributed by atoms with Crippen LogP contribution in [0.4, 0.5) is 0 Å². The Morgan fingerprint density at radius 1 is 0.861 bits per heavy atom. The fraction of sp³-hybridized carbons (Fsp3) is 0.567. The SMILES string of the molecule is CCCCCCCCC=CCCCCCCCC(=O)OC(=O)C=Cc1ccc(OC)cc1C(=O)CO. The Kier molecular flexibility index (Phi) is 17.8. The lowest BCUT2D eigenvalue weighted by Crippen LogP contribution is -2.10. The van der Waals surface area contributed by atoms with Crippen LogP contribution in [0, 0.1) is 0 Å². The Morgan fingerprint density at radius 2 is 1.47 bits per heavy atom. The van der Waals surface area contributed by atoms with Crippen molar-refractivity contribution in [3.8, 4) is 5.75 Å². The number of carbonyl (C=O) groups is 3. The van der Waals surface area contributed by atoms with E-state index in [0.29, 0.717) is 17.7 Å². The smallest absolute Gasteiger partial charge is 0.338 e. The van der Waals surface area contributed by atoms with Gasteiger partial charge in [-0.1, -0.05) is 76.5 Å². The molecule has 0 aliphatic heterocycles. The van der Waals surface area contributed by atoms with E-state index in [2.05, 4.69) is 19.1 Å². The van der Waals surface area contributed by atoms with Gasteiger partial charge < -0.3 is 14.6 Å². The quantitative estimate of drug-likeness (QED) is 0.0518. The third-order valence-electron chi connectivity index (χ3n) is 5.96. The van der Waals surface area contributed by atoms with E-state index in [0.717, 1.165) is 38.2 Å². The van der Waals surface area contributed by atoms with Gasteiger partial charge in [-0.25, -0.2) is 4.79 Å². The number of carbonyl (C=O) groups excluding carboxylic acids is 3. The average Bonchev–Trinajstić information content (AvgIpc) is 2.89. The van der Waals surface area contributed by atoms with E-state index in [1.807, 2.05) is 0 Å². The second-order valence-corrected chi connectivity index (χ2v) is 9.00. The summed E-state index contributed by atoms with van der Waals surface area (Å²) in [6.07, 6.45) is 22.6. The third kappa shape index (κ3) is 14.6. The van der Waals surface area contributed by atoms with Gasteiger partial charge in [-0.05, 0) is 55.9 Å². The van der Waals surface area contributed by atoms with Gasteiger partial charge in [0.2, 0.25) is 0 Å². The molecule has 6 nitrogen and oxygen atoms in total. The summed E-state index contributed by atoms with van der Waals surface area (Å²) < 4.78 is 9.92. The maximum Gasteiger partial charge on any atom is 0.338 e. The van der Waals surface area contributed by atoms with Gasteiger partial charge in [-0.3, -0.25) is 9.59 Å². The molecule has 1 aromatic rings. The third-order valence-corrected chi connectivity index (χ3v) is 5.96. The Hall–Kier alpha value is -2.73. The molecule has 0 atom stereocenters. The standard InChI is InChI=1S/C30H44O6/c1-3-4-5-6-7-8-9-10-11-12-13-14-15-16-17-18-29(33)36-30(34)22-20-25-19-21-26(35-2)23-27(25)28(32)24-31/h10-11,19-23,31H,3-9,12-18,24H2,1-2H3. The van der Waals surface area contributed by atoms with Crippen LogP contribution in [0.5, 0.6) is 5.75 Å². The average molecular weight is 501 g/mol. The molecule has 0 unspecified atom stereocenters. The van der Waals surface area contributed by atoms with Crippen LogP contribution in [-0.2, 0) is 14.3 Å². The lowest BCUT2D eigenvalue weighted by molar-refractivity contribution is -0.156. The van der Waals surface area contributed by atoms with Crippen LogP contribution in [0.25, 0.3) is 6.08 Å². The van der Waals surface area contributed by atoms with Crippen LogP contribution >= 0.6 is 0 Å². The summed E-state index contributed by atoms with van der Waals surface area (Å²) in [5, 5.41) is 9.15. The van der Waals surface area contributed by atoms with Crippen molar-refractivity contribution in [2.24, 2.45) is 0 Å². The summed E-state index contributed by atoms with van der Waals surface area (Å²) in [4.78, 5) is 35.8. The topological polar surface area (TPSA) is 89.9 Å². The van der Waals surface area contributed by atoms with Crippen molar-refractivity contribution in [3.05, 3.63) is 47.6 Å². The van der Waals surface area contributed by atoms with Gasteiger partial charge >= 0.3 is 11.9 Å². The summed E-state index contributed by atoms with van der Waals surface area (Å²) in [6, 6.07) is 4.72. The van der Waals surface area contributed by atoms with E-state index in [-0.39, 0.29) is 12.0 Å². The monoisotopic (exact) mass is 500 g/mol. The summed E-state index contributed by atoms with van der Waals surface area (Å²) in [5.41, 5.74) is 0.650. The highest BCUT2D eigenvalue weighted by molar-refractivity contribution is 6.02. The number of ketones is 1. The van der Waals surface area contributed by atoms with E-state index < -0.39 is 24.3 Å². The normalized spacial score (nSPS) is 11.3. The number of aliphatic hydroxyl groups is 1. The largest absolute Gasteiger partial charge is 0.497 e. The molecule has 200 valence electrons. The number of methoxy groups -OCH3 is 1. The molecule has 0 bridgehead atoms. The highest BCUT2D eigenvalue weighted by Crippen LogP contribution is 2.20. The molecule has 36 heavy (non-hydrogen) atoms. The Balaban J connectivity index is 2.16. The number of ether oxygens (including phenoxy) is 2. The van der Waals surface area contributed by atoms with E-state index in [9.17, 15) is 14.4 Å². The predicted molar refractivity (Wildman–Crippen MR) is 144 cm³/mol. The van der Waals surface area contributed by atoms with Crippen LogP contribution < -0.4 is 4.74 Å². The van der Waals surface area contributed by atoms with Gasteiger partial charge in [0.25, 0.3) is 0 Å². The minimum atomic E-state index is -0.786. The van der Waals surface area contributed by atoms with Crippen LogP contribution in [0.1, 0.15) is 113 Å². The molecule has 0 aromatic heterocycles. The zero-order chi connectivity index (χ0) is 26.4. The molecule has 0 saturated heterocycles. The molecule has 1 rings (SSSR count). The number of hydrogen-bond acceptors (Lipinski definition) is 6. The Morgan fingerprint density at radius 3 is 2.08 bits per heavy atom. The number of Topliss-reactive ketones (excluding diaryl/α,β-unsaturated/α-hetero) is 1. The first-order valence-corrected chi connectivity index (χ1v) is 13.4. The van der Waals surface area contributed by atoms with E-state index >= 15 is 0 Å². The number of aliphatic hydroxyl groups excluding tert-OH is 1. The molecule has 1 aromatic carbocycles. The highest BCUT2D eigenvalue weighted by Gasteiger charge is 2.12. The molecule has 0 amide bonds. The first-order valence-electron chi connectivity index (χ1n) is 13.4. The summed E-state index contributed by atoms with van der Waals surface area (Å²) in [5.74, 6) is -1.38. The highest BCUT2D eigenvalue weighted by atomic mass is 16.6. The molecule has 0 heterocycles. The van der Waals surface area contributed by atoms with Gasteiger partial charge in [0.1, 0.15) is 12.4 Å². The molecular formula is C30H44O6. The number of allylic oxidation sites excluding steroid dienone is 2. The van der Waals surface area contributed by atoms with Crippen molar-refractivity contribution in [1.29, 1.82) is 0 Å². The molecule has 0 fully saturated rings. The predicted octanol–water partition coefficient (Wildman–Crippen LogP) is 6.99. The van der Waals surface area contributed by atoms with Crippen molar-refractivity contribution in [2.45, 2.75) is 96.8 Å². The maximum atomic E-state index is 12.0. The molecule has 0 radical (unpaired) electrons. The van der Waals surface area contributed by atoms with Crippen LogP contribution in [0.3, 0.4) is 0 Å². The van der Waals surface area contributed by atoms with E-state index in [4.69, 9.17) is 14.6 Å². The lowest BCUT2D eigenvalue weighted by atomic mass is 10.0. The van der Waals surface area contributed by atoms with Crippen LogP contribution in [0.15, 0.2) is 36.4 Å². The molecular weight excluding hydrogens is 456 g/mol. The number of benzene rings is 1. The number of unbranched alkanes of at least 4 members (excludes halogenated alkanes) is 11. The molecule has 1 N–H and O–H groups in total. The number of hydrogen-bond donors (Lipinski definition) is 1. The van der Waals surface area contributed by atoms with E-state index in [1.165, 1.54) is 64.2 Å². The van der Waals surface area contributed by atoms with Gasteiger partial charge in [0, 0.05) is 18.1 Å². The van der Waals surface area contributed by atoms with Gasteiger partial charge in [-0.2, -0.15) is 0 Å². The van der Waals surface area contributed by atoms with Crippen LogP contribution in [0.2, 0.25) is 0 Å². The zero-order valence-electron chi connectivity index (χ0n) is 22.1. The number of rotatable bonds is 20. The summed E-state index contributed by atoms with van der Waals surface area (Å²) >= 11 is 0. The minimum absolute atomic E-state index is 0.203.